The molecule has 1 spiro atoms. The predicted molar refractivity (Wildman–Crippen MR) is 241 cm³/mol. The Bertz CT molecular complexity index is 2560. The maximum atomic E-state index is 15.0. The molecular formula is C46H56F3N6O10PS. The Morgan fingerprint density at radius 3 is 2.54 bits per heavy atom. The van der Waals surface area contributed by atoms with Gasteiger partial charge in [-0.15, -0.1) is 0 Å². The SMILES string of the molecule is CC(C)(C)OC(=O)N[C@H]1CCCCC/C=C\[C@@H]2P[C@@]2(C(=O)NS(=O)(=O)C2(C)CC2)NC(=O)[C@@H]2C[C@]3(CCc4c(c(C(F)(F)F)nc5ccc(OCCCOc6ccccn6)cc45)O3)CN2C1=O. The second-order valence-electron chi connectivity index (χ2n) is 19.2. The molecule has 5 aliphatic rings. The highest BCUT2D eigenvalue weighted by Crippen LogP contribution is 2.60. The topological polar surface area (TPSA) is 204 Å². The first kappa shape index (κ1) is 48.2. The first-order chi connectivity index (χ1) is 31.6. The van der Waals surface area contributed by atoms with E-state index in [9.17, 15) is 27.6 Å². The molecule has 4 amide bonds. The zero-order valence-electron chi connectivity index (χ0n) is 37.8. The van der Waals surface area contributed by atoms with E-state index in [2.05, 4.69) is 25.3 Å². The van der Waals surface area contributed by atoms with Crippen LogP contribution in [0.4, 0.5) is 18.0 Å². The van der Waals surface area contributed by atoms with Crippen LogP contribution in [0.5, 0.6) is 17.4 Å². The first-order valence-corrected chi connectivity index (χ1v) is 25.2. The number of nitrogens with one attached hydrogen (secondary N) is 3. The number of rotatable bonds is 10. The number of carbonyl (C=O) groups excluding carboxylic acids is 4. The summed E-state index contributed by atoms with van der Waals surface area (Å²) in [5, 5.41) is 4.20. The van der Waals surface area contributed by atoms with E-state index in [0.29, 0.717) is 68.6 Å². The largest absolute Gasteiger partial charge is 0.493 e. The number of hydrogen-bond donors (Lipinski definition) is 3. The number of alkyl halides is 3. The van der Waals surface area contributed by atoms with E-state index in [4.69, 9.17) is 18.9 Å². The summed E-state index contributed by atoms with van der Waals surface area (Å²) in [6.07, 6.45) is 3.08. The van der Waals surface area contributed by atoms with Gasteiger partial charge in [0.15, 0.2) is 11.4 Å². The summed E-state index contributed by atoms with van der Waals surface area (Å²) in [6.45, 7) is 6.73. The van der Waals surface area contributed by atoms with Gasteiger partial charge in [0.25, 0.3) is 5.91 Å². The number of hydrogen-bond acceptors (Lipinski definition) is 12. The average Bonchev–Trinajstić information content (AvgIpc) is 4.15. The van der Waals surface area contributed by atoms with Crippen molar-refractivity contribution in [3.05, 3.63) is 66.0 Å². The molecule has 1 saturated carbocycles. The maximum absolute atomic E-state index is 15.0. The van der Waals surface area contributed by atoms with Crippen molar-refractivity contribution in [2.24, 2.45) is 0 Å². The highest BCUT2D eigenvalue weighted by molar-refractivity contribution is 7.91. The number of carbonyl (C=O) groups is 4. The zero-order valence-corrected chi connectivity index (χ0v) is 39.6. The number of aromatic nitrogens is 2. The number of sulfonamides is 1. The number of aryl methyl sites for hydroxylation is 1. The van der Waals surface area contributed by atoms with E-state index in [1.54, 1.807) is 57.3 Å². The zero-order chi connectivity index (χ0) is 48.0. The van der Waals surface area contributed by atoms with Crippen LogP contribution in [0.3, 0.4) is 0 Å². The summed E-state index contributed by atoms with van der Waals surface area (Å²) in [7, 11) is -4.35. The lowest BCUT2D eigenvalue weighted by molar-refractivity contribution is -0.144. The highest BCUT2D eigenvalue weighted by Gasteiger charge is 2.64. The molecule has 4 aliphatic heterocycles. The van der Waals surface area contributed by atoms with Gasteiger partial charge in [-0.05, 0) is 96.9 Å². The van der Waals surface area contributed by atoms with Crippen LogP contribution >= 0.6 is 8.58 Å². The molecule has 8 rings (SSSR count). The van der Waals surface area contributed by atoms with Crippen LogP contribution in [0.2, 0.25) is 0 Å². The van der Waals surface area contributed by atoms with Crippen molar-refractivity contribution < 1.29 is 59.7 Å². The first-order valence-electron chi connectivity index (χ1n) is 22.6. The van der Waals surface area contributed by atoms with Crippen molar-refractivity contribution in [3.63, 3.8) is 0 Å². The smallest absolute Gasteiger partial charge is 0.437 e. The molecule has 2 aromatic heterocycles. The van der Waals surface area contributed by atoms with Gasteiger partial charge in [-0.3, -0.25) is 19.1 Å². The van der Waals surface area contributed by atoms with E-state index in [-0.39, 0.29) is 58.5 Å². The minimum Gasteiger partial charge on any atom is -0.493 e. The Morgan fingerprint density at radius 1 is 1.04 bits per heavy atom. The van der Waals surface area contributed by atoms with E-state index < -0.39 is 90.4 Å². The molecule has 2 saturated heterocycles. The van der Waals surface area contributed by atoms with Gasteiger partial charge in [0, 0.05) is 41.7 Å². The standard InChI is InChI=1S/C46H56F3N6O10PS/c1-42(2,3)65-41(59)52-32-13-8-6-5-7-9-14-34-45(66-34,40(58)54-67(60,61)43(4)20-21-43)53-38(56)33-26-44(27-55(33)39(32)57)19-18-29-30-25-28(62-23-12-24-63-35-15-10-11-22-50-35)16-17-31(30)51-37(36(29)64-44)46(47,48)49/h9-11,14-17,22,25,32-34,66H,5-8,12-13,18-21,23-24,26-27H2,1-4H3,(H,52,59)(H,53,56)(H,54,58)/b14-9-/t32-,33-,34-,44+,45-/m0/s1. The van der Waals surface area contributed by atoms with E-state index >= 15 is 13.2 Å². The molecule has 362 valence electrons. The van der Waals surface area contributed by atoms with Crippen LogP contribution in [0.1, 0.15) is 103 Å². The Balaban J connectivity index is 1.11. The minimum atomic E-state index is -4.97. The number of nitrogens with zero attached hydrogens (tertiary/aromatic N) is 3. The van der Waals surface area contributed by atoms with Crippen molar-refractivity contribution >= 4 is 53.3 Å². The lowest BCUT2D eigenvalue weighted by Gasteiger charge is -2.37. The van der Waals surface area contributed by atoms with Gasteiger partial charge in [0.1, 0.15) is 34.3 Å². The van der Waals surface area contributed by atoms with Crippen molar-refractivity contribution in [2.75, 3.05) is 19.8 Å². The van der Waals surface area contributed by atoms with Crippen LogP contribution in [0, 0.1) is 0 Å². The van der Waals surface area contributed by atoms with E-state index in [1.165, 1.54) is 24.0 Å². The van der Waals surface area contributed by atoms with Crippen molar-refractivity contribution in [1.29, 1.82) is 0 Å². The predicted octanol–water partition coefficient (Wildman–Crippen LogP) is 6.45. The fourth-order valence-electron chi connectivity index (χ4n) is 8.83. The van der Waals surface area contributed by atoms with Gasteiger partial charge in [0.2, 0.25) is 27.7 Å². The van der Waals surface area contributed by atoms with Crippen LogP contribution in [-0.4, -0.2) is 106 Å². The average molecular weight is 973 g/mol. The molecule has 3 fully saturated rings. The quantitative estimate of drug-likeness (QED) is 0.114. The molecule has 1 aliphatic carbocycles. The third-order valence-electron chi connectivity index (χ3n) is 12.8. The molecule has 67 heavy (non-hydrogen) atoms. The summed E-state index contributed by atoms with van der Waals surface area (Å²) in [4.78, 5) is 66.3. The number of allylic oxidation sites excluding steroid dienone is 1. The Morgan fingerprint density at radius 2 is 1.82 bits per heavy atom. The molecule has 1 aromatic carbocycles. The summed E-state index contributed by atoms with van der Waals surface area (Å²) in [5.74, 6) is -2.10. The molecule has 0 bridgehead atoms. The Kier molecular flexibility index (Phi) is 13.2. The normalized spacial score (nSPS) is 27.0. The number of ether oxygens (including phenoxy) is 4. The summed E-state index contributed by atoms with van der Waals surface area (Å²) < 4.78 is 96.3. The Labute approximate surface area is 388 Å². The molecule has 1 unspecified atom stereocenters. The van der Waals surface area contributed by atoms with Crippen LogP contribution in [-0.2, 0) is 41.7 Å². The number of alkyl carbamates (subject to hydrolysis) is 1. The minimum absolute atomic E-state index is 0.0337. The lowest BCUT2D eigenvalue weighted by Crippen LogP contribution is -2.58. The van der Waals surface area contributed by atoms with Gasteiger partial charge in [0.05, 0.1) is 30.0 Å². The maximum Gasteiger partial charge on any atom is 0.437 e. The van der Waals surface area contributed by atoms with E-state index in [1.807, 2.05) is 6.08 Å². The molecule has 21 heteroatoms. The lowest BCUT2D eigenvalue weighted by atomic mass is 9.87. The number of benzene rings is 1. The number of pyridine rings is 2. The fourth-order valence-corrected chi connectivity index (χ4v) is 11.5. The fraction of sp³-hybridized carbons (Fsp3) is 0.565. The summed E-state index contributed by atoms with van der Waals surface area (Å²) in [6, 6.07) is 7.28. The molecule has 3 N–H and O–H groups in total. The van der Waals surface area contributed by atoms with Crippen molar-refractivity contribution in [3.8, 4) is 17.4 Å². The van der Waals surface area contributed by atoms with Crippen LogP contribution in [0.15, 0.2) is 54.7 Å². The van der Waals surface area contributed by atoms with Crippen LogP contribution in [0.25, 0.3) is 10.9 Å². The van der Waals surface area contributed by atoms with Crippen molar-refractivity contribution in [1.82, 2.24) is 30.2 Å². The number of amides is 4. The molecule has 16 nitrogen and oxygen atoms in total. The van der Waals surface area contributed by atoms with Crippen LogP contribution < -0.4 is 29.6 Å². The molecular weight excluding hydrogens is 917 g/mol. The third kappa shape index (κ3) is 10.6. The summed E-state index contributed by atoms with van der Waals surface area (Å²) in [5.41, 5.74) is -4.00. The summed E-state index contributed by atoms with van der Waals surface area (Å²) >= 11 is 0. The van der Waals surface area contributed by atoms with Gasteiger partial charge < -0.3 is 34.5 Å². The second-order valence-corrected chi connectivity index (χ2v) is 23.1. The highest BCUT2D eigenvalue weighted by atomic mass is 32.2. The van der Waals surface area contributed by atoms with Crippen molar-refractivity contribution in [2.45, 2.75) is 143 Å². The van der Waals surface area contributed by atoms with Gasteiger partial charge in [-0.25, -0.2) is 23.2 Å². The van der Waals surface area contributed by atoms with Gasteiger partial charge >= 0.3 is 12.3 Å². The molecule has 6 atom stereocenters. The van der Waals surface area contributed by atoms with Gasteiger partial charge in [-0.1, -0.05) is 39.6 Å². The van der Waals surface area contributed by atoms with Gasteiger partial charge in [-0.2, -0.15) is 13.2 Å². The Hall–Kier alpha value is -5.23. The molecule has 6 heterocycles. The number of halogens is 3. The molecule has 0 radical (unpaired) electrons. The third-order valence-corrected chi connectivity index (χ3v) is 16.7. The number of fused-ring (bicyclic) bond motifs is 5. The van der Waals surface area contributed by atoms with E-state index in [0.717, 1.165) is 0 Å². The monoisotopic (exact) mass is 972 g/mol. The molecule has 3 aromatic rings. The second kappa shape index (κ2) is 18.4.